The molecular formula is C28H35N3O2. The standard InChI is InChI=1S/C28H35N3O2/c1-29(2)27-8-4-6-24(18-27)21-31(22-25-7-5-9-28(19-25)32-3)26-12-10-23(11-13-26)20-30-14-16-33-17-15-30/h4-13,18-19H,14-17,20-22H2,1-3H3. The molecule has 174 valence electrons. The van der Waals surface area contributed by atoms with Crippen LogP contribution in [-0.2, 0) is 24.4 Å². The Kier molecular flexibility index (Phi) is 7.87. The summed E-state index contributed by atoms with van der Waals surface area (Å²) in [5.74, 6) is 0.892. The van der Waals surface area contributed by atoms with Gasteiger partial charge < -0.3 is 19.3 Å². The zero-order valence-electron chi connectivity index (χ0n) is 20.0. The molecule has 0 atom stereocenters. The Labute approximate surface area is 198 Å². The molecule has 1 aliphatic heterocycles. The Morgan fingerprint density at radius 1 is 0.788 bits per heavy atom. The first-order chi connectivity index (χ1) is 16.1. The quantitative estimate of drug-likeness (QED) is 0.472. The number of ether oxygens (including phenoxy) is 2. The second-order valence-corrected chi connectivity index (χ2v) is 8.83. The number of nitrogens with zero attached hydrogens (tertiary/aromatic N) is 3. The lowest BCUT2D eigenvalue weighted by Gasteiger charge is -2.28. The predicted molar refractivity (Wildman–Crippen MR) is 136 cm³/mol. The molecule has 3 aromatic rings. The highest BCUT2D eigenvalue weighted by Gasteiger charge is 2.13. The van der Waals surface area contributed by atoms with E-state index in [0.717, 1.165) is 51.7 Å². The fourth-order valence-corrected chi connectivity index (χ4v) is 4.21. The summed E-state index contributed by atoms with van der Waals surface area (Å²) in [6.07, 6.45) is 0. The Bertz CT molecular complexity index is 1010. The molecule has 0 unspecified atom stereocenters. The van der Waals surface area contributed by atoms with Crippen LogP contribution in [0.2, 0.25) is 0 Å². The van der Waals surface area contributed by atoms with Gasteiger partial charge in [-0.1, -0.05) is 36.4 Å². The molecule has 0 saturated carbocycles. The van der Waals surface area contributed by atoms with E-state index in [0.29, 0.717) is 0 Å². The summed E-state index contributed by atoms with van der Waals surface area (Å²) in [5.41, 5.74) is 6.31. The third kappa shape index (κ3) is 6.50. The maximum atomic E-state index is 5.48. The van der Waals surface area contributed by atoms with Gasteiger partial charge in [0, 0.05) is 58.2 Å². The van der Waals surface area contributed by atoms with E-state index >= 15 is 0 Å². The van der Waals surface area contributed by atoms with Crippen LogP contribution < -0.4 is 14.5 Å². The lowest BCUT2D eigenvalue weighted by atomic mass is 10.1. The summed E-state index contributed by atoms with van der Waals surface area (Å²) < 4.78 is 10.9. The van der Waals surface area contributed by atoms with E-state index in [1.54, 1.807) is 7.11 Å². The second-order valence-electron chi connectivity index (χ2n) is 8.83. The molecule has 0 aromatic heterocycles. The molecule has 33 heavy (non-hydrogen) atoms. The Balaban J connectivity index is 1.55. The van der Waals surface area contributed by atoms with Crippen LogP contribution in [0, 0.1) is 0 Å². The first-order valence-corrected chi connectivity index (χ1v) is 11.6. The van der Waals surface area contributed by atoms with Crippen molar-refractivity contribution >= 4 is 11.4 Å². The average Bonchev–Trinajstić information content (AvgIpc) is 2.85. The van der Waals surface area contributed by atoms with Crippen molar-refractivity contribution in [3.8, 4) is 5.75 Å². The highest BCUT2D eigenvalue weighted by Crippen LogP contribution is 2.24. The van der Waals surface area contributed by atoms with E-state index < -0.39 is 0 Å². The minimum atomic E-state index is 0.812. The van der Waals surface area contributed by atoms with Crippen LogP contribution in [0.25, 0.3) is 0 Å². The van der Waals surface area contributed by atoms with Crippen molar-refractivity contribution in [2.45, 2.75) is 19.6 Å². The van der Waals surface area contributed by atoms with E-state index in [-0.39, 0.29) is 0 Å². The van der Waals surface area contributed by atoms with Crippen molar-refractivity contribution in [3.63, 3.8) is 0 Å². The predicted octanol–water partition coefficient (Wildman–Crippen LogP) is 4.80. The number of anilines is 2. The lowest BCUT2D eigenvalue weighted by molar-refractivity contribution is 0.0342. The molecule has 5 heteroatoms. The minimum Gasteiger partial charge on any atom is -0.497 e. The van der Waals surface area contributed by atoms with Gasteiger partial charge in [-0.15, -0.1) is 0 Å². The van der Waals surface area contributed by atoms with Crippen LogP contribution in [0.15, 0.2) is 72.8 Å². The van der Waals surface area contributed by atoms with Crippen molar-refractivity contribution < 1.29 is 9.47 Å². The van der Waals surface area contributed by atoms with Crippen molar-refractivity contribution in [3.05, 3.63) is 89.5 Å². The van der Waals surface area contributed by atoms with Gasteiger partial charge in [-0.2, -0.15) is 0 Å². The van der Waals surface area contributed by atoms with E-state index in [2.05, 4.69) is 95.5 Å². The normalized spacial score (nSPS) is 14.2. The monoisotopic (exact) mass is 445 g/mol. The first kappa shape index (κ1) is 23.1. The van der Waals surface area contributed by atoms with Crippen LogP contribution >= 0.6 is 0 Å². The summed E-state index contributed by atoms with van der Waals surface area (Å²) in [7, 11) is 5.89. The highest BCUT2D eigenvalue weighted by molar-refractivity contribution is 5.52. The number of hydrogen-bond donors (Lipinski definition) is 0. The molecule has 0 spiro atoms. The van der Waals surface area contributed by atoms with Gasteiger partial charge in [-0.05, 0) is 53.1 Å². The number of hydrogen-bond acceptors (Lipinski definition) is 5. The SMILES string of the molecule is COc1cccc(CN(Cc2cccc(N(C)C)c2)c2ccc(CN3CCOCC3)cc2)c1. The van der Waals surface area contributed by atoms with Gasteiger partial charge in [0.15, 0.2) is 0 Å². The molecule has 1 aliphatic rings. The van der Waals surface area contributed by atoms with Crippen molar-refractivity contribution in [2.24, 2.45) is 0 Å². The van der Waals surface area contributed by atoms with Crippen LogP contribution in [0.1, 0.15) is 16.7 Å². The molecular weight excluding hydrogens is 410 g/mol. The molecule has 0 N–H and O–H groups in total. The maximum Gasteiger partial charge on any atom is 0.119 e. The van der Waals surface area contributed by atoms with Crippen molar-refractivity contribution in [2.75, 3.05) is 57.3 Å². The molecule has 5 nitrogen and oxygen atoms in total. The van der Waals surface area contributed by atoms with Gasteiger partial charge in [0.25, 0.3) is 0 Å². The van der Waals surface area contributed by atoms with Crippen LogP contribution in [0.3, 0.4) is 0 Å². The van der Waals surface area contributed by atoms with Gasteiger partial charge in [-0.3, -0.25) is 4.90 Å². The topological polar surface area (TPSA) is 28.2 Å². The Morgan fingerprint density at radius 2 is 1.45 bits per heavy atom. The first-order valence-electron chi connectivity index (χ1n) is 11.6. The van der Waals surface area contributed by atoms with Gasteiger partial charge in [-0.25, -0.2) is 0 Å². The van der Waals surface area contributed by atoms with Gasteiger partial charge in [0.05, 0.1) is 20.3 Å². The number of rotatable bonds is 9. The number of methoxy groups -OCH3 is 1. The van der Waals surface area contributed by atoms with Crippen molar-refractivity contribution in [1.82, 2.24) is 4.90 Å². The maximum absolute atomic E-state index is 5.48. The zero-order valence-corrected chi connectivity index (χ0v) is 20.0. The van der Waals surface area contributed by atoms with E-state index in [1.807, 2.05) is 6.07 Å². The smallest absolute Gasteiger partial charge is 0.119 e. The summed E-state index contributed by atoms with van der Waals surface area (Å²) >= 11 is 0. The summed E-state index contributed by atoms with van der Waals surface area (Å²) in [4.78, 5) is 7.04. The summed E-state index contributed by atoms with van der Waals surface area (Å²) in [6, 6.07) is 26.1. The molecule has 0 aliphatic carbocycles. The lowest BCUT2D eigenvalue weighted by Crippen LogP contribution is -2.35. The zero-order chi connectivity index (χ0) is 23.0. The molecule has 1 fully saturated rings. The van der Waals surface area contributed by atoms with Crippen LogP contribution in [0.5, 0.6) is 5.75 Å². The largest absolute Gasteiger partial charge is 0.497 e. The minimum absolute atomic E-state index is 0.812. The van der Waals surface area contributed by atoms with Gasteiger partial charge in [0.2, 0.25) is 0 Å². The molecule has 3 aromatic carbocycles. The highest BCUT2D eigenvalue weighted by atomic mass is 16.5. The van der Waals surface area contributed by atoms with Crippen LogP contribution in [-0.4, -0.2) is 52.4 Å². The summed E-state index contributed by atoms with van der Waals surface area (Å²) in [6.45, 7) is 6.30. The molecule has 4 rings (SSSR count). The van der Waals surface area contributed by atoms with Gasteiger partial charge in [0.1, 0.15) is 5.75 Å². The van der Waals surface area contributed by atoms with Crippen molar-refractivity contribution in [1.29, 1.82) is 0 Å². The Hall–Kier alpha value is -3.02. The molecule has 1 saturated heterocycles. The van der Waals surface area contributed by atoms with Gasteiger partial charge >= 0.3 is 0 Å². The number of benzene rings is 3. The third-order valence-electron chi connectivity index (χ3n) is 6.12. The second kappa shape index (κ2) is 11.2. The Morgan fingerprint density at radius 3 is 2.12 bits per heavy atom. The molecule has 0 radical (unpaired) electrons. The van der Waals surface area contributed by atoms with E-state index in [1.165, 1.54) is 28.1 Å². The summed E-state index contributed by atoms with van der Waals surface area (Å²) in [5, 5.41) is 0. The third-order valence-corrected chi connectivity index (χ3v) is 6.12. The fourth-order valence-electron chi connectivity index (χ4n) is 4.21. The number of morpholine rings is 1. The van der Waals surface area contributed by atoms with E-state index in [4.69, 9.17) is 9.47 Å². The molecule has 1 heterocycles. The fraction of sp³-hybridized carbons (Fsp3) is 0.357. The molecule has 0 bridgehead atoms. The average molecular weight is 446 g/mol. The molecule has 0 amide bonds. The van der Waals surface area contributed by atoms with Crippen LogP contribution in [0.4, 0.5) is 11.4 Å². The van der Waals surface area contributed by atoms with E-state index in [9.17, 15) is 0 Å².